The van der Waals surface area contributed by atoms with Crippen molar-refractivity contribution in [3.8, 4) is 11.5 Å². The molecule has 5 rings (SSSR count). The van der Waals surface area contributed by atoms with E-state index in [1.807, 2.05) is 12.1 Å². The van der Waals surface area contributed by atoms with Crippen LogP contribution in [0.5, 0.6) is 11.5 Å². The Bertz CT molecular complexity index is 1390. The van der Waals surface area contributed by atoms with Gasteiger partial charge < -0.3 is 29.0 Å². The quantitative estimate of drug-likeness (QED) is 0.299. The zero-order valence-corrected chi connectivity index (χ0v) is 27.9. The number of ether oxygens (including phenoxy) is 2. The van der Waals surface area contributed by atoms with Crippen LogP contribution in [-0.4, -0.2) is 68.0 Å². The van der Waals surface area contributed by atoms with Gasteiger partial charge in [-0.1, -0.05) is 65.8 Å². The zero-order chi connectivity index (χ0) is 31.9. The summed E-state index contributed by atoms with van der Waals surface area (Å²) in [7, 11) is -0.944. The van der Waals surface area contributed by atoms with Crippen LogP contribution in [0.1, 0.15) is 88.2 Å². The predicted octanol–water partition coefficient (Wildman–Crippen LogP) is 7.22. The maximum atomic E-state index is 14.1. The lowest BCUT2D eigenvalue weighted by atomic mass is 9.90. The third-order valence-corrected chi connectivity index (χ3v) is 15.9. The van der Waals surface area contributed by atoms with Crippen molar-refractivity contribution in [1.82, 2.24) is 4.90 Å². The molecule has 0 saturated carbocycles. The molecule has 2 aromatic rings. The molecule has 3 aliphatic heterocycles. The second-order valence-corrected chi connectivity index (χ2v) is 18.5. The molecule has 44 heavy (non-hydrogen) atoms. The van der Waals surface area contributed by atoms with Gasteiger partial charge in [0.25, 0.3) is 14.2 Å². The summed E-state index contributed by atoms with van der Waals surface area (Å²) >= 11 is 0. The molecule has 0 radical (unpaired) electrons. The fourth-order valence-electron chi connectivity index (χ4n) is 7.66. The van der Waals surface area contributed by atoms with Crippen LogP contribution in [0.25, 0.3) is 5.57 Å². The summed E-state index contributed by atoms with van der Waals surface area (Å²) in [6.07, 6.45) is 1.21. The number of amides is 2. The lowest BCUT2D eigenvalue weighted by Crippen LogP contribution is -2.51. The van der Waals surface area contributed by atoms with Gasteiger partial charge in [-0.15, -0.1) is 0 Å². The minimum Gasteiger partial charge on any atom is -0.540 e. The van der Waals surface area contributed by atoms with Crippen LogP contribution >= 0.6 is 0 Å². The smallest absolute Gasteiger partial charge is 0.414 e. The number of aliphatic hydroxyl groups is 1. The van der Waals surface area contributed by atoms with Gasteiger partial charge in [-0.2, -0.15) is 0 Å². The number of anilines is 1. The van der Waals surface area contributed by atoms with Gasteiger partial charge >= 0.3 is 6.09 Å². The number of hydrogen-bond donors (Lipinski definition) is 2. The first-order valence-electron chi connectivity index (χ1n) is 15.7. The molecule has 2 amide bonds. The number of rotatable bonds is 8. The third-order valence-electron chi connectivity index (χ3n) is 9.87. The number of nitrogens with zero attached hydrogens (tertiary/aromatic N) is 2. The van der Waals surface area contributed by atoms with E-state index in [4.69, 9.17) is 13.9 Å². The van der Waals surface area contributed by atoms with E-state index >= 15 is 0 Å². The number of hydrogen-bond acceptors (Lipinski definition) is 6. The van der Waals surface area contributed by atoms with Crippen molar-refractivity contribution in [2.75, 3.05) is 25.2 Å². The second-order valence-electron chi connectivity index (χ2n) is 13.2. The van der Waals surface area contributed by atoms with Crippen molar-refractivity contribution in [3.05, 3.63) is 59.3 Å². The lowest BCUT2D eigenvalue weighted by molar-refractivity contribution is 0.0575. The SMILES string of the molecule is COc1cc2c(cc1O[Si](C(C)C)(C(C)C)C(C)C)N(C(=O)O)C(O)C1CC(c3ccc(C4CCOCC4)cc3)=CN1C2=O. The Morgan fingerprint density at radius 3 is 2.14 bits per heavy atom. The molecule has 2 unspecified atom stereocenters. The highest BCUT2D eigenvalue weighted by Crippen LogP contribution is 2.48. The first-order valence-corrected chi connectivity index (χ1v) is 17.9. The molecule has 3 aliphatic rings. The standard InChI is InChI=1S/C34H46N2O7Si/c1-20(2)44(21(3)4,22(5)6)43-31-18-28-27(17-30(31)41-7)32(37)35-19-26(16-29(35)33(38)36(28)34(39)40)24-10-8-23(9-11-24)25-12-14-42-15-13-25/h8-11,17-22,25,29,33,38H,12-16H2,1-7H3,(H,39,40). The maximum Gasteiger partial charge on any atom is 0.414 e. The molecule has 0 aliphatic carbocycles. The summed E-state index contributed by atoms with van der Waals surface area (Å²) in [5.74, 6) is 0.823. The molecule has 0 spiro atoms. The van der Waals surface area contributed by atoms with Gasteiger partial charge in [0.1, 0.15) is 5.75 Å². The van der Waals surface area contributed by atoms with Crippen LogP contribution in [-0.2, 0) is 4.74 Å². The van der Waals surface area contributed by atoms with E-state index in [2.05, 4.69) is 53.7 Å². The molecular weight excluding hydrogens is 576 g/mol. The number of aliphatic hydroxyl groups excluding tert-OH is 1. The van der Waals surface area contributed by atoms with E-state index in [0.29, 0.717) is 23.8 Å². The Labute approximate surface area is 261 Å². The second kappa shape index (κ2) is 12.6. The number of carbonyl (C=O) groups excluding carboxylic acids is 1. The Morgan fingerprint density at radius 2 is 1.59 bits per heavy atom. The zero-order valence-electron chi connectivity index (χ0n) is 26.9. The summed E-state index contributed by atoms with van der Waals surface area (Å²) in [6, 6.07) is 10.7. The molecular formula is C34H46N2O7Si. The van der Waals surface area contributed by atoms with Crippen LogP contribution in [0.15, 0.2) is 42.6 Å². The van der Waals surface area contributed by atoms with E-state index in [1.54, 1.807) is 18.3 Å². The van der Waals surface area contributed by atoms with Gasteiger partial charge in [0.05, 0.1) is 24.4 Å². The van der Waals surface area contributed by atoms with E-state index in [1.165, 1.54) is 17.6 Å². The molecule has 0 bridgehead atoms. The molecule has 0 aromatic heterocycles. The first kappa shape index (κ1) is 32.1. The molecule has 3 heterocycles. The number of benzene rings is 2. The minimum atomic E-state index is -2.46. The maximum absolute atomic E-state index is 14.1. The minimum absolute atomic E-state index is 0.0927. The molecule has 1 fully saturated rings. The Kier molecular flexibility index (Phi) is 9.16. The highest BCUT2D eigenvalue weighted by Gasteiger charge is 2.49. The van der Waals surface area contributed by atoms with E-state index < -0.39 is 32.6 Å². The lowest BCUT2D eigenvalue weighted by Gasteiger charge is -2.42. The molecule has 238 valence electrons. The fraction of sp³-hybridized carbons (Fsp3) is 0.529. The van der Waals surface area contributed by atoms with Gasteiger partial charge in [-0.05, 0) is 64.6 Å². The van der Waals surface area contributed by atoms with Gasteiger partial charge in [-0.3, -0.25) is 4.79 Å². The summed E-state index contributed by atoms with van der Waals surface area (Å²) in [5, 5.41) is 22.0. The van der Waals surface area contributed by atoms with Crippen molar-refractivity contribution in [1.29, 1.82) is 0 Å². The highest BCUT2D eigenvalue weighted by atomic mass is 28.4. The summed E-state index contributed by atoms with van der Waals surface area (Å²) in [4.78, 5) is 29.2. The summed E-state index contributed by atoms with van der Waals surface area (Å²) in [5.41, 5.74) is 4.07. The van der Waals surface area contributed by atoms with Crippen molar-refractivity contribution >= 4 is 31.6 Å². The Hall–Kier alpha value is -3.34. The summed E-state index contributed by atoms with van der Waals surface area (Å²) < 4.78 is 18.2. The molecule has 2 atom stereocenters. The largest absolute Gasteiger partial charge is 0.540 e. The Balaban J connectivity index is 1.54. The third kappa shape index (κ3) is 5.52. The number of carboxylic acid groups (broad SMARTS) is 1. The van der Waals surface area contributed by atoms with Gasteiger partial charge in [0.2, 0.25) is 0 Å². The average Bonchev–Trinajstić information content (AvgIpc) is 3.42. The first-order chi connectivity index (χ1) is 20.9. The van der Waals surface area contributed by atoms with Crippen molar-refractivity contribution in [2.24, 2.45) is 0 Å². The van der Waals surface area contributed by atoms with Crippen LogP contribution in [0.4, 0.5) is 10.5 Å². The number of carbonyl (C=O) groups is 2. The van der Waals surface area contributed by atoms with Gasteiger partial charge in [0.15, 0.2) is 12.0 Å². The summed E-state index contributed by atoms with van der Waals surface area (Å²) in [6.45, 7) is 14.5. The highest BCUT2D eigenvalue weighted by molar-refractivity contribution is 6.78. The normalized spacial score (nSPS) is 21.0. The van der Waals surface area contributed by atoms with Gasteiger partial charge in [-0.25, -0.2) is 9.69 Å². The van der Waals surface area contributed by atoms with Crippen molar-refractivity contribution < 1.29 is 33.7 Å². The van der Waals surface area contributed by atoms with Crippen LogP contribution < -0.4 is 14.1 Å². The van der Waals surface area contributed by atoms with Gasteiger partial charge in [0, 0.05) is 25.5 Å². The van der Waals surface area contributed by atoms with E-state index in [0.717, 1.165) is 42.1 Å². The van der Waals surface area contributed by atoms with E-state index in [9.17, 15) is 19.8 Å². The molecule has 2 N–H and O–H groups in total. The molecule has 10 heteroatoms. The molecule has 1 saturated heterocycles. The van der Waals surface area contributed by atoms with Crippen molar-refractivity contribution in [2.45, 2.75) is 95.6 Å². The van der Waals surface area contributed by atoms with E-state index in [-0.39, 0.29) is 27.9 Å². The number of fused-ring (bicyclic) bond motifs is 2. The predicted molar refractivity (Wildman–Crippen MR) is 173 cm³/mol. The van der Waals surface area contributed by atoms with Crippen molar-refractivity contribution in [3.63, 3.8) is 0 Å². The van der Waals surface area contributed by atoms with Crippen LogP contribution in [0, 0.1) is 0 Å². The topological polar surface area (TPSA) is 109 Å². The fourth-order valence-corrected chi connectivity index (χ4v) is 12.9. The molecule has 2 aromatic carbocycles. The monoisotopic (exact) mass is 622 g/mol. The van der Waals surface area contributed by atoms with Crippen LogP contribution in [0.3, 0.4) is 0 Å². The number of methoxy groups -OCH3 is 1. The van der Waals surface area contributed by atoms with Crippen LogP contribution in [0.2, 0.25) is 16.6 Å². The molecule has 9 nitrogen and oxygen atoms in total. The average molecular weight is 623 g/mol. The Morgan fingerprint density at radius 1 is 0.977 bits per heavy atom.